The molecule has 20 heavy (non-hydrogen) atoms. The van der Waals surface area contributed by atoms with Gasteiger partial charge in [0.05, 0.1) is 12.2 Å². The number of rotatable bonds is 3. The van der Waals surface area contributed by atoms with Crippen LogP contribution in [0.4, 0.5) is 5.69 Å². The molecule has 0 spiro atoms. The van der Waals surface area contributed by atoms with Crippen molar-refractivity contribution in [2.24, 2.45) is 0 Å². The first-order valence-electron chi connectivity index (χ1n) is 7.76. The number of hydrogen-bond acceptors (Lipinski definition) is 3. The highest BCUT2D eigenvalue weighted by Crippen LogP contribution is 2.28. The Morgan fingerprint density at radius 3 is 2.35 bits per heavy atom. The zero-order valence-corrected chi connectivity index (χ0v) is 13.5. The lowest BCUT2D eigenvalue weighted by atomic mass is 10.1. The van der Waals surface area contributed by atoms with E-state index in [4.69, 9.17) is 4.74 Å². The number of hydrogen-bond donors (Lipinski definition) is 1. The van der Waals surface area contributed by atoms with Gasteiger partial charge in [0.25, 0.3) is 0 Å². The van der Waals surface area contributed by atoms with E-state index >= 15 is 0 Å². The summed E-state index contributed by atoms with van der Waals surface area (Å²) in [5.74, 6) is 0.966. The van der Waals surface area contributed by atoms with Crippen LogP contribution < -0.4 is 9.64 Å². The van der Waals surface area contributed by atoms with Crippen LogP contribution in [0.5, 0.6) is 5.75 Å². The van der Waals surface area contributed by atoms with Crippen molar-refractivity contribution in [1.82, 2.24) is 0 Å². The maximum absolute atomic E-state index is 9.54. The Labute approximate surface area is 123 Å². The third-order valence-electron chi connectivity index (χ3n) is 3.36. The summed E-state index contributed by atoms with van der Waals surface area (Å²) in [4.78, 5) is 2.32. The van der Waals surface area contributed by atoms with E-state index in [9.17, 15) is 5.11 Å². The van der Waals surface area contributed by atoms with E-state index in [1.165, 1.54) is 11.3 Å². The molecule has 1 aromatic rings. The van der Waals surface area contributed by atoms with Gasteiger partial charge in [0.1, 0.15) is 5.75 Å². The molecule has 0 radical (unpaired) electrons. The fraction of sp³-hybridized carbons (Fsp3) is 0.647. The molecule has 3 nitrogen and oxygen atoms in total. The molecule has 1 aliphatic heterocycles. The van der Waals surface area contributed by atoms with Gasteiger partial charge in [0.15, 0.2) is 0 Å². The summed E-state index contributed by atoms with van der Waals surface area (Å²) in [7, 11) is 0. The Morgan fingerprint density at radius 1 is 1.20 bits per heavy atom. The molecule has 0 aliphatic carbocycles. The van der Waals surface area contributed by atoms with Gasteiger partial charge in [-0.25, -0.2) is 0 Å². The highest BCUT2D eigenvalue weighted by atomic mass is 16.5. The fourth-order valence-electron chi connectivity index (χ4n) is 2.29. The van der Waals surface area contributed by atoms with Gasteiger partial charge in [-0.3, -0.25) is 0 Å². The van der Waals surface area contributed by atoms with E-state index in [0.29, 0.717) is 0 Å². The monoisotopic (exact) mass is 279 g/mol. The number of anilines is 1. The summed E-state index contributed by atoms with van der Waals surface area (Å²) >= 11 is 0. The maximum atomic E-state index is 9.54. The highest BCUT2D eigenvalue weighted by molar-refractivity contribution is 5.53. The zero-order valence-electron chi connectivity index (χ0n) is 13.5. The van der Waals surface area contributed by atoms with Crippen LogP contribution in [-0.2, 0) is 0 Å². The summed E-state index contributed by atoms with van der Waals surface area (Å²) in [6.45, 7) is 12.0. The van der Waals surface area contributed by atoms with Crippen LogP contribution in [0.25, 0.3) is 0 Å². The average Bonchev–Trinajstić information content (AvgIpc) is 2.44. The SMILES string of the molecule is CC.Cc1ccc(N2CCC(O)CC2)cc1OC(C)C. The van der Waals surface area contributed by atoms with Gasteiger partial charge in [-0.2, -0.15) is 0 Å². The first-order chi connectivity index (χ1) is 9.56. The minimum atomic E-state index is -0.127. The number of benzene rings is 1. The van der Waals surface area contributed by atoms with Crippen molar-refractivity contribution in [1.29, 1.82) is 0 Å². The Bertz CT molecular complexity index is 396. The zero-order chi connectivity index (χ0) is 15.1. The molecule has 0 unspecified atom stereocenters. The maximum Gasteiger partial charge on any atom is 0.124 e. The lowest BCUT2D eigenvalue weighted by Crippen LogP contribution is -2.35. The van der Waals surface area contributed by atoms with Gasteiger partial charge in [0, 0.05) is 24.8 Å². The number of aryl methyl sites for hydroxylation is 1. The van der Waals surface area contributed by atoms with Crippen LogP contribution in [0.3, 0.4) is 0 Å². The molecule has 0 atom stereocenters. The normalized spacial score (nSPS) is 15.8. The largest absolute Gasteiger partial charge is 0.491 e. The molecule has 1 aliphatic rings. The van der Waals surface area contributed by atoms with Crippen molar-refractivity contribution in [3.05, 3.63) is 23.8 Å². The second-order valence-corrected chi connectivity index (χ2v) is 5.33. The van der Waals surface area contributed by atoms with E-state index in [1.54, 1.807) is 0 Å². The van der Waals surface area contributed by atoms with Gasteiger partial charge >= 0.3 is 0 Å². The van der Waals surface area contributed by atoms with Crippen molar-refractivity contribution in [3.8, 4) is 5.75 Å². The molecule has 1 heterocycles. The van der Waals surface area contributed by atoms with Gasteiger partial charge in [0.2, 0.25) is 0 Å². The topological polar surface area (TPSA) is 32.7 Å². The molecule has 0 saturated carbocycles. The van der Waals surface area contributed by atoms with E-state index in [-0.39, 0.29) is 12.2 Å². The second-order valence-electron chi connectivity index (χ2n) is 5.33. The Morgan fingerprint density at radius 2 is 1.80 bits per heavy atom. The van der Waals surface area contributed by atoms with Gasteiger partial charge in [-0.05, 0) is 45.2 Å². The van der Waals surface area contributed by atoms with Crippen molar-refractivity contribution < 1.29 is 9.84 Å². The molecule has 2 rings (SSSR count). The summed E-state index contributed by atoms with van der Waals surface area (Å²) < 4.78 is 5.82. The number of piperidine rings is 1. The summed E-state index contributed by atoms with van der Waals surface area (Å²) in [6.07, 6.45) is 1.78. The number of nitrogens with zero attached hydrogens (tertiary/aromatic N) is 1. The molecule has 3 heteroatoms. The lowest BCUT2D eigenvalue weighted by molar-refractivity contribution is 0.145. The molecule has 0 aromatic heterocycles. The van der Waals surface area contributed by atoms with E-state index < -0.39 is 0 Å². The van der Waals surface area contributed by atoms with E-state index in [0.717, 1.165) is 31.7 Å². The predicted molar refractivity (Wildman–Crippen MR) is 85.7 cm³/mol. The predicted octanol–water partition coefficient (Wildman–Crippen LogP) is 3.77. The molecule has 1 aromatic carbocycles. The van der Waals surface area contributed by atoms with Crippen LogP contribution >= 0.6 is 0 Å². The van der Waals surface area contributed by atoms with E-state index in [1.807, 2.05) is 27.7 Å². The van der Waals surface area contributed by atoms with E-state index in [2.05, 4.69) is 30.0 Å². The average molecular weight is 279 g/mol. The Kier molecular flexibility index (Phi) is 6.86. The van der Waals surface area contributed by atoms with Crippen LogP contribution in [0.1, 0.15) is 46.1 Å². The summed E-state index contributed by atoms with van der Waals surface area (Å²) in [5.41, 5.74) is 2.37. The van der Waals surface area contributed by atoms with Crippen molar-refractivity contribution in [2.45, 2.75) is 59.7 Å². The molecule has 0 amide bonds. The Balaban J connectivity index is 0.000000956. The molecule has 1 saturated heterocycles. The van der Waals surface area contributed by atoms with Crippen LogP contribution in [-0.4, -0.2) is 30.4 Å². The van der Waals surface area contributed by atoms with Crippen LogP contribution in [0.15, 0.2) is 18.2 Å². The minimum Gasteiger partial charge on any atom is -0.491 e. The minimum absolute atomic E-state index is 0.127. The second kappa shape index (κ2) is 8.15. The molecular formula is C17H29NO2. The van der Waals surface area contributed by atoms with Crippen LogP contribution in [0, 0.1) is 6.92 Å². The molecule has 1 fully saturated rings. The molecular weight excluding hydrogens is 250 g/mol. The smallest absolute Gasteiger partial charge is 0.124 e. The number of aliphatic hydroxyl groups is 1. The first-order valence-corrected chi connectivity index (χ1v) is 7.76. The first kappa shape index (κ1) is 16.8. The fourth-order valence-corrected chi connectivity index (χ4v) is 2.29. The third kappa shape index (κ3) is 4.71. The van der Waals surface area contributed by atoms with Crippen molar-refractivity contribution in [3.63, 3.8) is 0 Å². The molecule has 1 N–H and O–H groups in total. The van der Waals surface area contributed by atoms with Gasteiger partial charge < -0.3 is 14.7 Å². The lowest BCUT2D eigenvalue weighted by Gasteiger charge is -2.32. The quantitative estimate of drug-likeness (QED) is 0.914. The number of aliphatic hydroxyl groups excluding tert-OH is 1. The van der Waals surface area contributed by atoms with Gasteiger partial charge in [-0.1, -0.05) is 19.9 Å². The summed E-state index contributed by atoms with van der Waals surface area (Å²) in [6, 6.07) is 6.37. The number of ether oxygens (including phenoxy) is 1. The van der Waals surface area contributed by atoms with Gasteiger partial charge in [-0.15, -0.1) is 0 Å². The molecule has 114 valence electrons. The Hall–Kier alpha value is -1.22. The van der Waals surface area contributed by atoms with Crippen molar-refractivity contribution in [2.75, 3.05) is 18.0 Å². The molecule has 0 bridgehead atoms. The third-order valence-corrected chi connectivity index (χ3v) is 3.36. The van der Waals surface area contributed by atoms with Crippen molar-refractivity contribution >= 4 is 5.69 Å². The standard InChI is InChI=1S/C15H23NO2.C2H6/c1-11(2)18-15-10-13(5-4-12(15)3)16-8-6-14(17)7-9-16;1-2/h4-5,10-11,14,17H,6-9H2,1-3H3;1-2H3. The summed E-state index contributed by atoms with van der Waals surface area (Å²) in [5, 5.41) is 9.54. The van der Waals surface area contributed by atoms with Crippen LogP contribution in [0.2, 0.25) is 0 Å². The highest BCUT2D eigenvalue weighted by Gasteiger charge is 2.18.